The van der Waals surface area contributed by atoms with Gasteiger partial charge in [-0.1, -0.05) is 0 Å². The fourth-order valence-electron chi connectivity index (χ4n) is 3.81. The second-order valence-electron chi connectivity index (χ2n) is 8.12. The topological polar surface area (TPSA) is 83.6 Å². The predicted octanol–water partition coefficient (Wildman–Crippen LogP) is 3.85. The van der Waals surface area contributed by atoms with Gasteiger partial charge in [0.05, 0.1) is 19.9 Å². The van der Waals surface area contributed by atoms with Gasteiger partial charge in [-0.15, -0.1) is 0 Å². The van der Waals surface area contributed by atoms with Gasteiger partial charge in [0.2, 0.25) is 5.88 Å². The van der Waals surface area contributed by atoms with Crippen LogP contribution in [-0.4, -0.2) is 52.9 Å². The molecule has 9 heteroatoms. The first kappa shape index (κ1) is 20.3. The number of aromatic nitrogens is 3. The molecule has 2 fully saturated rings. The van der Waals surface area contributed by atoms with Crippen molar-refractivity contribution in [1.82, 2.24) is 20.1 Å². The molecule has 0 unspecified atom stereocenters. The summed E-state index contributed by atoms with van der Waals surface area (Å²) in [6.07, 6.45) is 5.78. The lowest BCUT2D eigenvalue weighted by molar-refractivity contribution is 0.218. The maximum Gasteiger partial charge on any atom is 0.326 e. The number of benzene rings is 1. The molecule has 1 saturated carbocycles. The van der Waals surface area contributed by atoms with Gasteiger partial charge in [-0.25, -0.2) is 9.18 Å². The van der Waals surface area contributed by atoms with Crippen molar-refractivity contribution in [2.45, 2.75) is 19.4 Å². The van der Waals surface area contributed by atoms with Crippen molar-refractivity contribution >= 4 is 11.8 Å². The molecule has 1 aromatic carbocycles. The highest BCUT2D eigenvalue weighted by Gasteiger charge is 2.31. The molecule has 0 bridgehead atoms. The molecule has 2 aliphatic rings. The van der Waals surface area contributed by atoms with Crippen LogP contribution in [0.1, 0.15) is 18.4 Å². The molecule has 0 atom stereocenters. The lowest BCUT2D eigenvalue weighted by atomic mass is 10.1. The Hall–Kier alpha value is -3.62. The predicted molar refractivity (Wildman–Crippen MR) is 116 cm³/mol. The van der Waals surface area contributed by atoms with Crippen LogP contribution in [0.2, 0.25) is 0 Å². The number of urea groups is 1. The number of nitrogens with one attached hydrogen (secondary N) is 1. The van der Waals surface area contributed by atoms with E-state index >= 15 is 0 Å². The van der Waals surface area contributed by atoms with Gasteiger partial charge in [-0.05, 0) is 48.6 Å². The minimum absolute atomic E-state index is 0.180. The Morgan fingerprint density at radius 3 is 2.84 bits per heavy atom. The fourth-order valence-corrected chi connectivity index (χ4v) is 3.81. The first-order valence-electron chi connectivity index (χ1n) is 10.6. The Morgan fingerprint density at radius 1 is 1.22 bits per heavy atom. The van der Waals surface area contributed by atoms with Gasteiger partial charge in [-0.3, -0.25) is 10.00 Å². The summed E-state index contributed by atoms with van der Waals surface area (Å²) in [6.45, 7) is 1.92. The van der Waals surface area contributed by atoms with Crippen molar-refractivity contribution in [2.75, 3.05) is 31.7 Å². The summed E-state index contributed by atoms with van der Waals surface area (Å²) in [5, 5.41) is 6.73. The summed E-state index contributed by atoms with van der Waals surface area (Å²) in [6, 6.07) is 8.11. The van der Waals surface area contributed by atoms with Crippen LogP contribution >= 0.6 is 0 Å². The number of rotatable bonds is 8. The first-order chi connectivity index (χ1) is 15.6. The van der Waals surface area contributed by atoms with Crippen LogP contribution in [-0.2, 0) is 6.54 Å². The number of H-pyrrole nitrogens is 1. The molecule has 3 heterocycles. The van der Waals surface area contributed by atoms with Crippen LogP contribution in [0, 0.1) is 11.7 Å². The highest BCUT2D eigenvalue weighted by molar-refractivity contribution is 5.93. The lowest BCUT2D eigenvalue weighted by Crippen LogP contribution is -2.32. The molecule has 0 spiro atoms. The van der Waals surface area contributed by atoms with Gasteiger partial charge >= 0.3 is 6.03 Å². The number of methoxy groups -OCH3 is 1. The van der Waals surface area contributed by atoms with E-state index in [1.54, 1.807) is 35.4 Å². The van der Waals surface area contributed by atoms with Crippen molar-refractivity contribution in [1.29, 1.82) is 0 Å². The second-order valence-corrected chi connectivity index (χ2v) is 8.12. The minimum atomic E-state index is -0.363. The third-order valence-electron chi connectivity index (χ3n) is 5.71. The van der Waals surface area contributed by atoms with E-state index in [-0.39, 0.29) is 11.8 Å². The molecule has 166 valence electrons. The van der Waals surface area contributed by atoms with Gasteiger partial charge in [-0.2, -0.15) is 10.1 Å². The number of ether oxygens (including phenoxy) is 2. The van der Waals surface area contributed by atoms with E-state index in [1.165, 1.54) is 25.0 Å². The zero-order valence-corrected chi connectivity index (χ0v) is 17.8. The Balaban J connectivity index is 1.30. The number of halogens is 1. The maximum atomic E-state index is 14.1. The Labute approximate surface area is 185 Å². The second kappa shape index (κ2) is 8.49. The van der Waals surface area contributed by atoms with Crippen molar-refractivity contribution < 1.29 is 18.7 Å². The van der Waals surface area contributed by atoms with E-state index in [9.17, 15) is 9.18 Å². The molecule has 1 aliphatic carbocycles. The first-order valence-corrected chi connectivity index (χ1v) is 10.6. The van der Waals surface area contributed by atoms with Crippen LogP contribution in [0.3, 0.4) is 0 Å². The van der Waals surface area contributed by atoms with Crippen LogP contribution in [0.25, 0.3) is 11.1 Å². The van der Waals surface area contributed by atoms with Gasteiger partial charge < -0.3 is 14.4 Å². The number of carbonyl (C=O) groups is 1. The van der Waals surface area contributed by atoms with Gasteiger partial charge in [0.1, 0.15) is 17.4 Å². The third kappa shape index (κ3) is 4.23. The summed E-state index contributed by atoms with van der Waals surface area (Å²) < 4.78 is 25.2. The van der Waals surface area contributed by atoms with Crippen LogP contribution in [0.5, 0.6) is 11.6 Å². The lowest BCUT2D eigenvalue weighted by Gasteiger charge is -2.19. The number of aromatic amines is 1. The monoisotopic (exact) mass is 437 g/mol. The van der Waals surface area contributed by atoms with E-state index in [1.807, 2.05) is 12.1 Å². The maximum absolute atomic E-state index is 14.1. The van der Waals surface area contributed by atoms with Crippen molar-refractivity contribution in [3.8, 4) is 22.8 Å². The smallest absolute Gasteiger partial charge is 0.326 e. The minimum Gasteiger partial charge on any atom is -0.493 e. The van der Waals surface area contributed by atoms with E-state index in [0.717, 1.165) is 11.1 Å². The fraction of sp³-hybridized carbons (Fsp3) is 0.348. The Bertz CT molecular complexity index is 1120. The summed E-state index contributed by atoms with van der Waals surface area (Å²) in [7, 11) is 1.54. The number of nitrogens with zero attached hydrogens (tertiary/aromatic N) is 4. The van der Waals surface area contributed by atoms with Crippen molar-refractivity contribution in [3.05, 3.63) is 54.1 Å². The number of amides is 2. The molecular formula is C23H24FN5O3. The van der Waals surface area contributed by atoms with Crippen molar-refractivity contribution in [2.24, 2.45) is 5.92 Å². The summed E-state index contributed by atoms with van der Waals surface area (Å²) in [4.78, 5) is 20.9. The Morgan fingerprint density at radius 2 is 2.09 bits per heavy atom. The molecule has 0 radical (unpaired) electrons. The normalized spacial score (nSPS) is 16.0. The van der Waals surface area contributed by atoms with Gasteiger partial charge in [0.25, 0.3) is 0 Å². The van der Waals surface area contributed by atoms with Gasteiger partial charge in [0.15, 0.2) is 0 Å². The highest BCUT2D eigenvalue weighted by atomic mass is 19.1. The number of pyridine rings is 1. The average Bonchev–Trinajstić information content (AvgIpc) is 3.33. The molecule has 32 heavy (non-hydrogen) atoms. The molecule has 8 nitrogen and oxygen atoms in total. The van der Waals surface area contributed by atoms with Crippen molar-refractivity contribution in [3.63, 3.8) is 0 Å². The molecule has 5 rings (SSSR count). The average molecular weight is 437 g/mol. The molecule has 2 aromatic heterocycles. The molecule has 2 amide bonds. The molecule has 1 N–H and O–H groups in total. The SMILES string of the molecule is COc1nc(N2CCN(Cc3cc(F)cc(OCC4CC4)c3)C2=O)ccc1-c1cn[nH]c1. The van der Waals surface area contributed by atoms with E-state index < -0.39 is 0 Å². The largest absolute Gasteiger partial charge is 0.493 e. The summed E-state index contributed by atoms with van der Waals surface area (Å²) in [5.74, 6) is 1.65. The standard InChI is InChI=1S/C23H24FN5O3/c1-31-22-20(17-11-25-26-12-17)4-5-21(27-22)29-7-6-28(23(29)30)13-16-8-18(24)10-19(9-16)32-14-15-2-3-15/h4-5,8-12,15H,2-3,6-7,13-14H2,1H3,(H,25,26). The zero-order chi connectivity index (χ0) is 22.1. The quantitative estimate of drug-likeness (QED) is 0.579. The number of hydrogen-bond acceptors (Lipinski definition) is 5. The van der Waals surface area contributed by atoms with Crippen LogP contribution in [0.4, 0.5) is 15.0 Å². The number of anilines is 1. The van der Waals surface area contributed by atoms with E-state index in [2.05, 4.69) is 15.2 Å². The third-order valence-corrected chi connectivity index (χ3v) is 5.71. The highest BCUT2D eigenvalue weighted by Crippen LogP contribution is 2.32. The van der Waals surface area contributed by atoms with Crippen LogP contribution < -0.4 is 14.4 Å². The van der Waals surface area contributed by atoms with Crippen LogP contribution in [0.15, 0.2) is 42.7 Å². The van der Waals surface area contributed by atoms with Gasteiger partial charge in [0, 0.05) is 43.0 Å². The molecule has 3 aromatic rings. The zero-order valence-electron chi connectivity index (χ0n) is 17.8. The number of carbonyl (C=O) groups excluding carboxylic acids is 1. The molecular weight excluding hydrogens is 413 g/mol. The Kier molecular flexibility index (Phi) is 5.38. The number of hydrogen-bond donors (Lipinski definition) is 1. The summed E-state index contributed by atoms with van der Waals surface area (Å²) >= 11 is 0. The van der Waals surface area contributed by atoms with E-state index in [4.69, 9.17) is 9.47 Å². The molecule has 1 saturated heterocycles. The summed E-state index contributed by atoms with van der Waals surface area (Å²) in [5.41, 5.74) is 2.33. The molecule has 1 aliphatic heterocycles. The van der Waals surface area contributed by atoms with E-state index in [0.29, 0.717) is 55.2 Å².